The first-order chi connectivity index (χ1) is 15.1. The average molecular weight is 449 g/mol. The lowest BCUT2D eigenvalue weighted by Gasteiger charge is -2.48. The van der Waals surface area contributed by atoms with Gasteiger partial charge in [-0.15, -0.1) is 0 Å². The van der Waals surface area contributed by atoms with E-state index in [-0.39, 0.29) is 6.10 Å². The van der Waals surface area contributed by atoms with E-state index >= 15 is 0 Å². The summed E-state index contributed by atoms with van der Waals surface area (Å²) in [5.74, 6) is 8.99. The first kappa shape index (κ1) is 28.2. The van der Waals surface area contributed by atoms with Gasteiger partial charge in [-0.2, -0.15) is 0 Å². The molecule has 0 aromatic rings. The predicted octanol–water partition coefficient (Wildman–Crippen LogP) is 9.38. The maximum atomic E-state index is 9.82. The molecule has 7 atom stereocenters. The molecule has 2 rings (SSSR count). The van der Waals surface area contributed by atoms with Gasteiger partial charge in [-0.25, -0.2) is 0 Å². The topological polar surface area (TPSA) is 20.2 Å². The summed E-state index contributed by atoms with van der Waals surface area (Å²) < 4.78 is 0. The smallest absolute Gasteiger partial charge is 0.0514 e. The molecular weight excluding hydrogens is 388 g/mol. The fourth-order valence-electron chi connectivity index (χ4n) is 8.09. The van der Waals surface area contributed by atoms with E-state index in [1.165, 1.54) is 70.6 Å². The van der Waals surface area contributed by atoms with Crippen LogP contribution < -0.4 is 0 Å². The van der Waals surface area contributed by atoms with Crippen molar-refractivity contribution >= 4 is 0 Å². The average Bonchev–Trinajstić information content (AvgIpc) is 2.69. The molecule has 1 nitrogen and oxygen atoms in total. The summed E-state index contributed by atoms with van der Waals surface area (Å²) >= 11 is 0. The molecule has 0 amide bonds. The molecule has 1 N–H and O–H groups in total. The quantitative estimate of drug-likeness (QED) is 0.315. The number of hydrogen-bond donors (Lipinski definition) is 1. The van der Waals surface area contributed by atoms with Crippen LogP contribution in [0.15, 0.2) is 0 Å². The van der Waals surface area contributed by atoms with E-state index in [4.69, 9.17) is 0 Å². The molecule has 0 heterocycles. The number of hydrogen-bond acceptors (Lipinski definition) is 1. The summed E-state index contributed by atoms with van der Waals surface area (Å²) in [6.45, 7) is 19.2. The molecule has 0 saturated heterocycles. The van der Waals surface area contributed by atoms with Crippen molar-refractivity contribution in [2.24, 2.45) is 59.2 Å². The lowest BCUT2D eigenvalue weighted by atomic mass is 9.57. The van der Waals surface area contributed by atoms with Gasteiger partial charge in [0.05, 0.1) is 6.10 Å². The Hall–Kier alpha value is -0.0400. The fourth-order valence-corrected chi connectivity index (χ4v) is 8.09. The van der Waals surface area contributed by atoms with Crippen molar-refractivity contribution in [2.45, 2.75) is 139 Å². The lowest BCUT2D eigenvalue weighted by molar-refractivity contribution is 0.0158. The second-order valence-corrected chi connectivity index (χ2v) is 13.5. The Morgan fingerprint density at radius 2 is 1.44 bits per heavy atom. The van der Waals surface area contributed by atoms with Crippen LogP contribution in [0.4, 0.5) is 0 Å². The first-order valence-electron chi connectivity index (χ1n) is 14.8. The van der Waals surface area contributed by atoms with E-state index in [1.807, 2.05) is 6.92 Å². The van der Waals surface area contributed by atoms with E-state index in [2.05, 4.69) is 48.5 Å². The molecule has 0 radical (unpaired) electrons. The Bertz CT molecular complexity index is 487. The van der Waals surface area contributed by atoms with E-state index in [0.717, 1.165) is 65.6 Å². The molecule has 2 saturated carbocycles. The summed E-state index contributed by atoms with van der Waals surface area (Å²) in [4.78, 5) is 0. The van der Waals surface area contributed by atoms with Crippen molar-refractivity contribution in [1.82, 2.24) is 0 Å². The standard InChI is InChI=1S/C31H60O/c1-9-27(13-10-23(6)16-21(2)3)31-20-29(18-24(7)30(31)17-22(4)5)28-14-11-26(12-15-28)19-25(8)32/h21-32H,9-20H2,1-8H3/t23-,24-,25?,26-,27?,28+,29?,30-,31-/m1/s1. The van der Waals surface area contributed by atoms with E-state index in [0.29, 0.717) is 0 Å². The Kier molecular flexibility index (Phi) is 12.1. The van der Waals surface area contributed by atoms with Crippen LogP contribution in [0.2, 0.25) is 0 Å². The van der Waals surface area contributed by atoms with E-state index in [9.17, 15) is 5.11 Å². The molecule has 0 spiro atoms. The van der Waals surface area contributed by atoms with Gasteiger partial charge in [-0.05, 0) is 117 Å². The maximum absolute atomic E-state index is 9.82. The van der Waals surface area contributed by atoms with Gasteiger partial charge in [0.1, 0.15) is 0 Å². The number of rotatable bonds is 12. The van der Waals surface area contributed by atoms with Crippen LogP contribution in [0.3, 0.4) is 0 Å². The van der Waals surface area contributed by atoms with Crippen LogP contribution in [0.25, 0.3) is 0 Å². The van der Waals surface area contributed by atoms with E-state index < -0.39 is 0 Å². The van der Waals surface area contributed by atoms with Crippen molar-refractivity contribution in [2.75, 3.05) is 0 Å². The first-order valence-corrected chi connectivity index (χ1v) is 14.8. The molecule has 190 valence electrons. The second kappa shape index (κ2) is 13.7. The zero-order valence-corrected chi connectivity index (χ0v) is 23.3. The van der Waals surface area contributed by atoms with Crippen LogP contribution in [-0.4, -0.2) is 11.2 Å². The minimum atomic E-state index is -0.115. The molecule has 0 aliphatic heterocycles. The van der Waals surface area contributed by atoms with Gasteiger partial charge in [-0.1, -0.05) is 74.1 Å². The largest absolute Gasteiger partial charge is 0.393 e. The SMILES string of the molecule is CCC(CC[C@@H](C)CC(C)C)[C@H]1CC([C@H]2CC[C@@H](CC(C)O)CC2)C[C@@H](C)[C@H]1CC(C)C. The molecule has 2 fully saturated rings. The van der Waals surface area contributed by atoms with Crippen LogP contribution in [-0.2, 0) is 0 Å². The zero-order chi connectivity index (χ0) is 23.8. The minimum absolute atomic E-state index is 0.115. The third-order valence-electron chi connectivity index (χ3n) is 9.54. The molecule has 0 bridgehead atoms. The van der Waals surface area contributed by atoms with Crippen LogP contribution >= 0.6 is 0 Å². The van der Waals surface area contributed by atoms with Crippen LogP contribution in [0.5, 0.6) is 0 Å². The Balaban J connectivity index is 2.04. The molecule has 2 aliphatic rings. The lowest BCUT2D eigenvalue weighted by Crippen LogP contribution is -2.39. The third-order valence-corrected chi connectivity index (χ3v) is 9.54. The van der Waals surface area contributed by atoms with Crippen LogP contribution in [0, 0.1) is 59.2 Å². The molecule has 3 unspecified atom stereocenters. The van der Waals surface area contributed by atoms with Gasteiger partial charge in [0.15, 0.2) is 0 Å². The molecule has 32 heavy (non-hydrogen) atoms. The summed E-state index contributed by atoms with van der Waals surface area (Å²) in [6.07, 6.45) is 16.6. The van der Waals surface area contributed by atoms with Gasteiger partial charge < -0.3 is 5.11 Å². The number of aliphatic hydroxyl groups is 1. The zero-order valence-electron chi connectivity index (χ0n) is 23.3. The number of aliphatic hydroxyl groups excluding tert-OH is 1. The third kappa shape index (κ3) is 8.96. The molecular formula is C31H60O. The molecule has 0 aromatic carbocycles. The normalized spacial score (nSPS) is 34.6. The van der Waals surface area contributed by atoms with Gasteiger partial charge in [-0.3, -0.25) is 0 Å². The van der Waals surface area contributed by atoms with Crippen molar-refractivity contribution in [3.63, 3.8) is 0 Å². The van der Waals surface area contributed by atoms with Crippen molar-refractivity contribution < 1.29 is 5.11 Å². The fraction of sp³-hybridized carbons (Fsp3) is 1.00. The monoisotopic (exact) mass is 448 g/mol. The highest BCUT2D eigenvalue weighted by Gasteiger charge is 2.42. The minimum Gasteiger partial charge on any atom is -0.393 e. The summed E-state index contributed by atoms with van der Waals surface area (Å²) in [5.41, 5.74) is 0. The predicted molar refractivity (Wildman–Crippen MR) is 142 cm³/mol. The highest BCUT2D eigenvalue weighted by atomic mass is 16.3. The highest BCUT2D eigenvalue weighted by Crippen LogP contribution is 2.51. The Labute approximate surface area is 202 Å². The van der Waals surface area contributed by atoms with Crippen molar-refractivity contribution in [3.8, 4) is 0 Å². The maximum Gasteiger partial charge on any atom is 0.0514 e. The van der Waals surface area contributed by atoms with E-state index in [1.54, 1.807) is 0 Å². The molecule has 1 heteroatoms. The van der Waals surface area contributed by atoms with Crippen molar-refractivity contribution in [1.29, 1.82) is 0 Å². The Morgan fingerprint density at radius 3 is 1.97 bits per heavy atom. The summed E-state index contributed by atoms with van der Waals surface area (Å²) in [6, 6.07) is 0. The van der Waals surface area contributed by atoms with Crippen molar-refractivity contribution in [3.05, 3.63) is 0 Å². The van der Waals surface area contributed by atoms with Gasteiger partial charge >= 0.3 is 0 Å². The Morgan fingerprint density at radius 1 is 0.781 bits per heavy atom. The van der Waals surface area contributed by atoms with Gasteiger partial charge in [0.25, 0.3) is 0 Å². The summed E-state index contributed by atoms with van der Waals surface area (Å²) in [5, 5.41) is 9.82. The molecule has 0 aromatic heterocycles. The van der Waals surface area contributed by atoms with Crippen LogP contribution in [0.1, 0.15) is 132 Å². The highest BCUT2D eigenvalue weighted by molar-refractivity contribution is 4.91. The van der Waals surface area contributed by atoms with Gasteiger partial charge in [0, 0.05) is 0 Å². The summed E-state index contributed by atoms with van der Waals surface area (Å²) in [7, 11) is 0. The van der Waals surface area contributed by atoms with Gasteiger partial charge in [0.2, 0.25) is 0 Å². The second-order valence-electron chi connectivity index (χ2n) is 13.5. The molecule has 2 aliphatic carbocycles.